The second kappa shape index (κ2) is 8.97. The van der Waals surface area contributed by atoms with Crippen LogP contribution in [0.25, 0.3) is 11.5 Å². The molecule has 1 amide bonds. The highest BCUT2D eigenvalue weighted by Crippen LogP contribution is 2.26. The van der Waals surface area contributed by atoms with Crippen molar-refractivity contribution in [1.29, 1.82) is 0 Å². The fourth-order valence-electron chi connectivity index (χ4n) is 2.33. The Hall–Kier alpha value is -3.73. The smallest absolute Gasteiger partial charge is 0.339 e. The summed E-state index contributed by atoms with van der Waals surface area (Å²) < 4.78 is 10.1. The van der Waals surface area contributed by atoms with E-state index >= 15 is 0 Å². The quantitative estimate of drug-likeness (QED) is 0.267. The predicted molar refractivity (Wildman–Crippen MR) is 104 cm³/mol. The number of hydrogen-bond donors (Lipinski definition) is 1. The van der Waals surface area contributed by atoms with Crippen LogP contribution in [0.5, 0.6) is 0 Å². The largest absolute Gasteiger partial charge is 0.465 e. The minimum Gasteiger partial charge on any atom is -0.465 e. The van der Waals surface area contributed by atoms with E-state index in [1.165, 1.54) is 31.4 Å². The van der Waals surface area contributed by atoms with Gasteiger partial charge in [0.1, 0.15) is 0 Å². The molecule has 11 heteroatoms. The SMILES string of the molecule is COC(=O)c1ccccc1NC(=O)CSc1nnc(-c2cccc([N+](=O)[O-])c2)o1. The number of methoxy groups -OCH3 is 1. The number of carbonyl (C=O) groups is 2. The third-order valence-corrected chi connectivity index (χ3v) is 4.46. The van der Waals surface area contributed by atoms with Gasteiger partial charge in [-0.25, -0.2) is 4.79 Å². The van der Waals surface area contributed by atoms with Crippen molar-refractivity contribution >= 4 is 35.0 Å². The molecule has 0 radical (unpaired) electrons. The van der Waals surface area contributed by atoms with E-state index in [4.69, 9.17) is 4.42 Å². The van der Waals surface area contributed by atoms with Gasteiger partial charge >= 0.3 is 5.97 Å². The number of benzene rings is 2. The van der Waals surface area contributed by atoms with Crippen LogP contribution in [-0.4, -0.2) is 39.9 Å². The van der Waals surface area contributed by atoms with Gasteiger partial charge in [0.2, 0.25) is 11.8 Å². The van der Waals surface area contributed by atoms with Gasteiger partial charge in [-0.2, -0.15) is 0 Å². The minimum absolute atomic E-state index is 0.0495. The summed E-state index contributed by atoms with van der Waals surface area (Å²) in [6.45, 7) is 0. The number of anilines is 1. The number of aromatic nitrogens is 2. The molecular formula is C18H14N4O6S. The summed E-state index contributed by atoms with van der Waals surface area (Å²) in [6.07, 6.45) is 0. The maximum Gasteiger partial charge on any atom is 0.339 e. The standard InChI is InChI=1S/C18H14N4O6S/c1-27-17(24)13-7-2-3-8-14(13)19-15(23)10-29-18-21-20-16(28-18)11-5-4-6-12(9-11)22(25)26/h2-9H,10H2,1H3,(H,19,23). The topological polar surface area (TPSA) is 137 Å². The summed E-state index contributed by atoms with van der Waals surface area (Å²) in [5.74, 6) is -0.896. The van der Waals surface area contributed by atoms with E-state index in [1.54, 1.807) is 24.3 Å². The lowest BCUT2D eigenvalue weighted by atomic mass is 10.2. The molecule has 10 nitrogen and oxygen atoms in total. The number of amides is 1. The normalized spacial score (nSPS) is 10.4. The van der Waals surface area contributed by atoms with Gasteiger partial charge in [0.15, 0.2) is 0 Å². The molecule has 0 saturated carbocycles. The van der Waals surface area contributed by atoms with Crippen LogP contribution in [-0.2, 0) is 9.53 Å². The zero-order valence-corrected chi connectivity index (χ0v) is 15.8. The second-order valence-corrected chi connectivity index (χ2v) is 6.48. The number of nitro groups is 1. The molecule has 0 aliphatic heterocycles. The van der Waals surface area contributed by atoms with Crippen molar-refractivity contribution in [1.82, 2.24) is 10.2 Å². The first-order chi connectivity index (χ1) is 14.0. The highest BCUT2D eigenvalue weighted by Gasteiger charge is 2.16. The Morgan fingerprint density at radius 1 is 1.21 bits per heavy atom. The Balaban J connectivity index is 1.63. The fourth-order valence-corrected chi connectivity index (χ4v) is 2.89. The molecule has 1 aromatic heterocycles. The number of para-hydroxylation sites is 1. The van der Waals surface area contributed by atoms with E-state index in [0.29, 0.717) is 11.3 Å². The molecule has 2 aromatic carbocycles. The van der Waals surface area contributed by atoms with Crippen molar-refractivity contribution < 1.29 is 23.7 Å². The van der Waals surface area contributed by atoms with Crippen LogP contribution in [0.4, 0.5) is 11.4 Å². The molecule has 0 spiro atoms. The maximum absolute atomic E-state index is 12.2. The average Bonchev–Trinajstić information content (AvgIpc) is 3.21. The summed E-state index contributed by atoms with van der Waals surface area (Å²) in [4.78, 5) is 34.3. The molecular weight excluding hydrogens is 400 g/mol. The molecule has 0 atom stereocenters. The Kier molecular flexibility index (Phi) is 6.19. The van der Waals surface area contributed by atoms with Crippen LogP contribution >= 0.6 is 11.8 Å². The zero-order chi connectivity index (χ0) is 20.8. The molecule has 1 N–H and O–H groups in total. The van der Waals surface area contributed by atoms with E-state index in [0.717, 1.165) is 11.8 Å². The predicted octanol–water partition coefficient (Wildman–Crippen LogP) is 3.16. The van der Waals surface area contributed by atoms with E-state index in [9.17, 15) is 19.7 Å². The summed E-state index contributed by atoms with van der Waals surface area (Å²) in [5.41, 5.74) is 0.862. The van der Waals surface area contributed by atoms with Crippen LogP contribution in [0.15, 0.2) is 58.2 Å². The monoisotopic (exact) mass is 414 g/mol. The molecule has 148 valence electrons. The van der Waals surface area contributed by atoms with Crippen LogP contribution in [0.2, 0.25) is 0 Å². The van der Waals surface area contributed by atoms with Gasteiger partial charge in [-0.15, -0.1) is 10.2 Å². The zero-order valence-electron chi connectivity index (χ0n) is 15.0. The molecule has 0 fully saturated rings. The van der Waals surface area contributed by atoms with E-state index in [1.807, 2.05) is 0 Å². The van der Waals surface area contributed by atoms with Crippen molar-refractivity contribution in [2.75, 3.05) is 18.2 Å². The number of nitrogens with zero attached hydrogens (tertiary/aromatic N) is 3. The summed E-state index contributed by atoms with van der Waals surface area (Å²) >= 11 is 0.991. The summed E-state index contributed by atoms with van der Waals surface area (Å²) in [7, 11) is 1.26. The van der Waals surface area contributed by atoms with Gasteiger partial charge in [-0.05, 0) is 18.2 Å². The molecule has 0 aliphatic rings. The number of rotatable bonds is 7. The highest BCUT2D eigenvalue weighted by molar-refractivity contribution is 7.99. The van der Waals surface area contributed by atoms with Crippen LogP contribution in [0.3, 0.4) is 0 Å². The first kappa shape index (κ1) is 20.0. The maximum atomic E-state index is 12.2. The van der Waals surface area contributed by atoms with Crippen molar-refractivity contribution in [3.05, 3.63) is 64.2 Å². The van der Waals surface area contributed by atoms with Gasteiger partial charge in [-0.1, -0.05) is 30.0 Å². The molecule has 3 rings (SSSR count). The average molecular weight is 414 g/mol. The molecule has 3 aromatic rings. The molecule has 29 heavy (non-hydrogen) atoms. The number of esters is 1. The Bertz CT molecular complexity index is 1070. The third-order valence-electron chi connectivity index (χ3n) is 3.64. The number of non-ortho nitro benzene ring substituents is 1. The Labute approximate surface area is 168 Å². The number of ether oxygens (including phenoxy) is 1. The number of nitro benzene ring substituents is 1. The van der Waals surface area contributed by atoms with Crippen molar-refractivity contribution in [3.63, 3.8) is 0 Å². The molecule has 0 aliphatic carbocycles. The van der Waals surface area contributed by atoms with Gasteiger partial charge < -0.3 is 14.5 Å². The van der Waals surface area contributed by atoms with E-state index in [-0.39, 0.29) is 34.0 Å². The van der Waals surface area contributed by atoms with E-state index < -0.39 is 10.9 Å². The summed E-state index contributed by atoms with van der Waals surface area (Å²) in [5, 5.41) is 21.3. The lowest BCUT2D eigenvalue weighted by Gasteiger charge is -2.08. The van der Waals surface area contributed by atoms with Crippen LogP contribution in [0, 0.1) is 10.1 Å². The highest BCUT2D eigenvalue weighted by atomic mass is 32.2. The van der Waals surface area contributed by atoms with Gasteiger partial charge in [0, 0.05) is 17.7 Å². The molecule has 0 bridgehead atoms. The molecule has 0 saturated heterocycles. The van der Waals surface area contributed by atoms with Gasteiger partial charge in [-0.3, -0.25) is 14.9 Å². The third kappa shape index (κ3) is 4.96. The van der Waals surface area contributed by atoms with Crippen molar-refractivity contribution in [2.24, 2.45) is 0 Å². The van der Waals surface area contributed by atoms with Gasteiger partial charge in [0.05, 0.1) is 29.0 Å². The van der Waals surface area contributed by atoms with E-state index in [2.05, 4.69) is 20.3 Å². The number of thioether (sulfide) groups is 1. The lowest BCUT2D eigenvalue weighted by molar-refractivity contribution is -0.384. The number of nitrogens with one attached hydrogen (secondary N) is 1. The van der Waals surface area contributed by atoms with Crippen LogP contribution in [0.1, 0.15) is 10.4 Å². The number of carbonyl (C=O) groups excluding carboxylic acids is 2. The lowest BCUT2D eigenvalue weighted by Crippen LogP contribution is -2.17. The first-order valence-corrected chi connectivity index (χ1v) is 9.15. The Morgan fingerprint density at radius 2 is 2.00 bits per heavy atom. The fraction of sp³-hybridized carbons (Fsp3) is 0.111. The van der Waals surface area contributed by atoms with Crippen molar-refractivity contribution in [3.8, 4) is 11.5 Å². The second-order valence-electron chi connectivity index (χ2n) is 5.55. The first-order valence-electron chi connectivity index (χ1n) is 8.16. The Morgan fingerprint density at radius 3 is 2.76 bits per heavy atom. The number of hydrogen-bond acceptors (Lipinski definition) is 9. The van der Waals surface area contributed by atoms with Crippen LogP contribution < -0.4 is 5.32 Å². The molecule has 0 unspecified atom stereocenters. The van der Waals surface area contributed by atoms with Gasteiger partial charge in [0.25, 0.3) is 10.9 Å². The minimum atomic E-state index is -0.563. The molecule has 1 heterocycles. The van der Waals surface area contributed by atoms with Crippen molar-refractivity contribution in [2.45, 2.75) is 5.22 Å². The summed E-state index contributed by atoms with van der Waals surface area (Å²) in [6, 6.07) is 12.2.